The standard InChI is InChI=1S/C22H35N5O4/c1-16(25-30)21(3,4)23-11-13-27(14-12-24-22(5,6)17(2)26-31)20(29)19-9-7-18(15-28)8-10-19/h7-10,15,23-24,30-31H,11-14H2,1-6H3/b25-16+,26-17+. The molecule has 0 heterocycles. The molecule has 0 saturated carbocycles. The molecule has 0 aliphatic rings. The Morgan fingerprint density at radius 2 is 1.35 bits per heavy atom. The number of aldehydes is 1. The van der Waals surface area contributed by atoms with Crippen LogP contribution in [0.5, 0.6) is 0 Å². The number of rotatable bonds is 12. The van der Waals surface area contributed by atoms with Crippen LogP contribution < -0.4 is 10.6 Å². The van der Waals surface area contributed by atoms with E-state index in [0.717, 1.165) is 6.29 Å². The Kier molecular flexibility index (Phi) is 9.80. The summed E-state index contributed by atoms with van der Waals surface area (Å²) in [7, 11) is 0. The summed E-state index contributed by atoms with van der Waals surface area (Å²) in [6.07, 6.45) is 0.736. The fourth-order valence-corrected chi connectivity index (χ4v) is 2.71. The molecule has 1 amide bonds. The first-order chi connectivity index (χ1) is 14.5. The van der Waals surface area contributed by atoms with Crippen molar-refractivity contribution in [3.05, 3.63) is 35.4 Å². The van der Waals surface area contributed by atoms with Gasteiger partial charge in [-0.05, 0) is 53.7 Å². The van der Waals surface area contributed by atoms with E-state index in [-0.39, 0.29) is 5.91 Å². The van der Waals surface area contributed by atoms with Crippen LogP contribution in [0.4, 0.5) is 0 Å². The van der Waals surface area contributed by atoms with E-state index in [1.54, 1.807) is 43.0 Å². The predicted octanol–water partition coefficient (Wildman–Crippen LogP) is 2.38. The van der Waals surface area contributed by atoms with Crippen molar-refractivity contribution in [1.29, 1.82) is 0 Å². The van der Waals surface area contributed by atoms with E-state index < -0.39 is 11.1 Å². The highest BCUT2D eigenvalue weighted by Gasteiger charge is 2.24. The van der Waals surface area contributed by atoms with Gasteiger partial charge in [-0.15, -0.1) is 0 Å². The van der Waals surface area contributed by atoms with E-state index in [1.165, 1.54) is 0 Å². The van der Waals surface area contributed by atoms with Crippen LogP contribution in [0.1, 0.15) is 62.3 Å². The Hall–Kier alpha value is -2.78. The first-order valence-corrected chi connectivity index (χ1v) is 10.2. The molecule has 0 aromatic heterocycles. The number of amides is 1. The van der Waals surface area contributed by atoms with Gasteiger partial charge in [0.15, 0.2) is 0 Å². The fourth-order valence-electron chi connectivity index (χ4n) is 2.71. The Balaban J connectivity index is 2.90. The lowest BCUT2D eigenvalue weighted by Gasteiger charge is -2.30. The Morgan fingerprint density at radius 3 is 1.71 bits per heavy atom. The molecule has 0 aliphatic carbocycles. The van der Waals surface area contributed by atoms with Gasteiger partial charge in [-0.2, -0.15) is 0 Å². The number of benzene rings is 1. The fraction of sp³-hybridized carbons (Fsp3) is 0.545. The second-order valence-electron chi connectivity index (χ2n) is 8.51. The van der Waals surface area contributed by atoms with Crippen LogP contribution in [0, 0.1) is 0 Å². The van der Waals surface area contributed by atoms with Gasteiger partial charge in [0, 0.05) is 37.3 Å². The molecule has 0 saturated heterocycles. The van der Waals surface area contributed by atoms with Crippen LogP contribution in [0.25, 0.3) is 0 Å². The smallest absolute Gasteiger partial charge is 0.253 e. The molecule has 1 rings (SSSR count). The highest BCUT2D eigenvalue weighted by atomic mass is 16.4. The van der Waals surface area contributed by atoms with Crippen LogP contribution in [0.15, 0.2) is 34.6 Å². The van der Waals surface area contributed by atoms with E-state index in [4.69, 9.17) is 10.4 Å². The van der Waals surface area contributed by atoms with Gasteiger partial charge < -0.3 is 25.9 Å². The van der Waals surface area contributed by atoms with Gasteiger partial charge in [-0.3, -0.25) is 9.59 Å². The first kappa shape index (κ1) is 26.3. The summed E-state index contributed by atoms with van der Waals surface area (Å²) < 4.78 is 0. The number of nitrogens with zero attached hydrogens (tertiary/aromatic N) is 3. The molecule has 0 spiro atoms. The molecule has 9 nitrogen and oxygen atoms in total. The lowest BCUT2D eigenvalue weighted by Crippen LogP contribution is -2.51. The van der Waals surface area contributed by atoms with Crippen LogP contribution in [0.2, 0.25) is 0 Å². The SMILES string of the molecule is C/C(=N\O)C(C)(C)NCCN(CCNC(C)(C)/C(C)=N/O)C(=O)c1ccc(C=O)cc1. The topological polar surface area (TPSA) is 127 Å². The van der Waals surface area contributed by atoms with Crippen molar-refractivity contribution >= 4 is 23.6 Å². The van der Waals surface area contributed by atoms with Gasteiger partial charge in [0.05, 0.1) is 22.5 Å². The molecule has 0 fully saturated rings. The van der Waals surface area contributed by atoms with Gasteiger partial charge in [0.1, 0.15) is 6.29 Å². The number of oxime groups is 2. The van der Waals surface area contributed by atoms with Crippen molar-refractivity contribution in [2.75, 3.05) is 26.2 Å². The molecule has 1 aromatic carbocycles. The third-order valence-corrected chi connectivity index (χ3v) is 5.59. The molecule has 0 aliphatic heterocycles. The monoisotopic (exact) mass is 433 g/mol. The normalized spacial score (nSPS) is 13.2. The van der Waals surface area contributed by atoms with Crippen LogP contribution >= 0.6 is 0 Å². The number of hydrogen-bond acceptors (Lipinski definition) is 8. The molecule has 31 heavy (non-hydrogen) atoms. The predicted molar refractivity (Wildman–Crippen MR) is 122 cm³/mol. The van der Waals surface area contributed by atoms with E-state index in [0.29, 0.717) is 48.7 Å². The molecule has 0 atom stereocenters. The summed E-state index contributed by atoms with van der Waals surface area (Å²) in [4.78, 5) is 25.7. The van der Waals surface area contributed by atoms with E-state index in [1.807, 2.05) is 27.7 Å². The average molecular weight is 434 g/mol. The van der Waals surface area contributed by atoms with Crippen molar-refractivity contribution in [3.63, 3.8) is 0 Å². The summed E-state index contributed by atoms with van der Waals surface area (Å²) in [5.74, 6) is -0.156. The second-order valence-corrected chi connectivity index (χ2v) is 8.51. The maximum Gasteiger partial charge on any atom is 0.253 e. The largest absolute Gasteiger partial charge is 0.411 e. The Labute approximate surface area is 184 Å². The zero-order chi connectivity index (χ0) is 23.7. The maximum absolute atomic E-state index is 13.1. The number of carbonyl (C=O) groups excluding carboxylic acids is 2. The summed E-state index contributed by atoms with van der Waals surface area (Å²) in [5, 5.41) is 31.2. The molecule has 9 heteroatoms. The van der Waals surface area contributed by atoms with Crippen LogP contribution in [-0.2, 0) is 0 Å². The zero-order valence-electron chi connectivity index (χ0n) is 19.3. The number of hydrogen-bond donors (Lipinski definition) is 4. The maximum atomic E-state index is 13.1. The molecule has 0 radical (unpaired) electrons. The third kappa shape index (κ3) is 7.76. The van der Waals surface area contributed by atoms with E-state index in [9.17, 15) is 9.59 Å². The summed E-state index contributed by atoms with van der Waals surface area (Å²) in [5.41, 5.74) is 1.03. The van der Waals surface area contributed by atoms with E-state index >= 15 is 0 Å². The summed E-state index contributed by atoms with van der Waals surface area (Å²) in [6.45, 7) is 12.8. The quantitative estimate of drug-likeness (QED) is 0.173. The zero-order valence-corrected chi connectivity index (χ0v) is 19.3. The first-order valence-electron chi connectivity index (χ1n) is 10.2. The second kappa shape index (κ2) is 11.6. The molecular weight excluding hydrogens is 398 g/mol. The van der Waals surface area contributed by atoms with Crippen molar-refractivity contribution in [2.24, 2.45) is 10.3 Å². The summed E-state index contributed by atoms with van der Waals surface area (Å²) in [6, 6.07) is 6.50. The Bertz CT molecular complexity index is 765. The minimum Gasteiger partial charge on any atom is -0.411 e. The van der Waals surface area contributed by atoms with Crippen LogP contribution in [0.3, 0.4) is 0 Å². The third-order valence-electron chi connectivity index (χ3n) is 5.59. The lowest BCUT2D eigenvalue weighted by atomic mass is 9.99. The summed E-state index contributed by atoms with van der Waals surface area (Å²) >= 11 is 0. The molecule has 0 bridgehead atoms. The molecule has 0 unspecified atom stereocenters. The average Bonchev–Trinajstić information content (AvgIpc) is 2.76. The molecule has 1 aromatic rings. The molecule has 172 valence electrons. The molecular formula is C22H35N5O4. The van der Waals surface area contributed by atoms with Crippen molar-refractivity contribution in [3.8, 4) is 0 Å². The lowest BCUT2D eigenvalue weighted by molar-refractivity contribution is 0.0753. The van der Waals surface area contributed by atoms with Crippen molar-refractivity contribution < 1.29 is 20.0 Å². The Morgan fingerprint density at radius 1 is 0.935 bits per heavy atom. The van der Waals surface area contributed by atoms with Crippen molar-refractivity contribution in [2.45, 2.75) is 52.6 Å². The van der Waals surface area contributed by atoms with Crippen LogP contribution in [-0.4, -0.2) is 76.2 Å². The van der Waals surface area contributed by atoms with E-state index in [2.05, 4.69) is 20.9 Å². The highest BCUT2D eigenvalue weighted by molar-refractivity contribution is 5.95. The van der Waals surface area contributed by atoms with Gasteiger partial charge in [0.25, 0.3) is 5.91 Å². The van der Waals surface area contributed by atoms with Gasteiger partial charge in [-0.1, -0.05) is 22.4 Å². The van der Waals surface area contributed by atoms with Crippen molar-refractivity contribution in [1.82, 2.24) is 15.5 Å². The van der Waals surface area contributed by atoms with Gasteiger partial charge in [0.2, 0.25) is 0 Å². The minimum absolute atomic E-state index is 0.156. The number of nitrogens with one attached hydrogen (secondary N) is 2. The number of carbonyl (C=O) groups is 2. The van der Waals surface area contributed by atoms with Gasteiger partial charge in [-0.25, -0.2) is 0 Å². The molecule has 4 N–H and O–H groups in total. The highest BCUT2D eigenvalue weighted by Crippen LogP contribution is 2.09. The minimum atomic E-state index is -0.524. The van der Waals surface area contributed by atoms with Gasteiger partial charge >= 0.3 is 0 Å².